The van der Waals surface area contributed by atoms with Gasteiger partial charge >= 0.3 is 0 Å². The van der Waals surface area contributed by atoms with E-state index < -0.39 is 17.7 Å². The molecule has 4 rings (SSSR count). The van der Waals surface area contributed by atoms with Gasteiger partial charge in [0.1, 0.15) is 11.5 Å². The predicted molar refractivity (Wildman–Crippen MR) is 143 cm³/mol. The number of pyridine rings is 1. The Kier molecular flexibility index (Phi) is 8.00. The van der Waals surface area contributed by atoms with Crippen LogP contribution in [0.1, 0.15) is 49.1 Å². The lowest BCUT2D eigenvalue weighted by atomic mass is 9.93. The van der Waals surface area contributed by atoms with Crippen molar-refractivity contribution in [2.45, 2.75) is 40.3 Å². The summed E-state index contributed by atoms with van der Waals surface area (Å²) in [7, 11) is 0. The maximum absolute atomic E-state index is 13.4. The van der Waals surface area contributed by atoms with E-state index in [1.165, 1.54) is 11.0 Å². The number of aliphatic hydroxyl groups excluding tert-OH is 1. The number of aromatic nitrogens is 1. The average Bonchev–Trinajstić information content (AvgIpc) is 3.14. The Morgan fingerprint density at radius 2 is 1.89 bits per heavy atom. The zero-order valence-corrected chi connectivity index (χ0v) is 22.0. The molecule has 0 saturated carbocycles. The summed E-state index contributed by atoms with van der Waals surface area (Å²) in [5, 5.41) is 21.7. The number of phenols is 1. The van der Waals surface area contributed by atoms with E-state index in [1.54, 1.807) is 55.7 Å². The second-order valence-electron chi connectivity index (χ2n) is 9.63. The van der Waals surface area contributed by atoms with E-state index in [1.807, 2.05) is 13.0 Å². The van der Waals surface area contributed by atoms with Crippen molar-refractivity contribution in [1.29, 1.82) is 0 Å². The molecule has 1 aliphatic heterocycles. The maximum Gasteiger partial charge on any atom is 0.295 e. The molecule has 8 heteroatoms. The Labute approximate surface area is 222 Å². The van der Waals surface area contributed by atoms with Crippen LogP contribution >= 0.6 is 0 Å². The number of hydrogen-bond acceptors (Lipinski definition) is 7. The van der Waals surface area contributed by atoms with Crippen molar-refractivity contribution in [3.8, 4) is 17.2 Å². The van der Waals surface area contributed by atoms with Gasteiger partial charge in [0, 0.05) is 24.5 Å². The molecule has 3 aromatic rings. The third-order valence-corrected chi connectivity index (χ3v) is 6.25. The van der Waals surface area contributed by atoms with Crippen molar-refractivity contribution >= 4 is 17.4 Å². The number of likely N-dealkylation sites (tertiary alicyclic amines) is 1. The first-order chi connectivity index (χ1) is 18.2. The van der Waals surface area contributed by atoms with E-state index in [0.29, 0.717) is 41.6 Å². The van der Waals surface area contributed by atoms with Gasteiger partial charge in [-0.2, -0.15) is 0 Å². The van der Waals surface area contributed by atoms with Crippen molar-refractivity contribution in [3.63, 3.8) is 0 Å². The Balaban J connectivity index is 1.83. The molecule has 2 aromatic carbocycles. The minimum atomic E-state index is -0.911. The first kappa shape index (κ1) is 26.7. The van der Waals surface area contributed by atoms with Crippen molar-refractivity contribution in [2.75, 3.05) is 13.2 Å². The highest BCUT2D eigenvalue weighted by atomic mass is 16.5. The normalized spacial score (nSPS) is 16.8. The first-order valence-corrected chi connectivity index (χ1v) is 12.6. The molecule has 1 atom stereocenters. The molecule has 198 valence electrons. The zero-order chi connectivity index (χ0) is 27.4. The molecule has 0 unspecified atom stereocenters. The average molecular weight is 517 g/mol. The van der Waals surface area contributed by atoms with E-state index in [9.17, 15) is 19.8 Å². The van der Waals surface area contributed by atoms with Gasteiger partial charge in [-0.3, -0.25) is 14.6 Å². The molecule has 0 bridgehead atoms. The summed E-state index contributed by atoms with van der Waals surface area (Å²) in [6.45, 7) is 8.68. The monoisotopic (exact) mass is 516 g/mol. The number of ketones is 1. The molecule has 1 aromatic heterocycles. The van der Waals surface area contributed by atoms with Crippen LogP contribution in [0.15, 0.2) is 66.5 Å². The SMILES string of the molecule is CCOc1cc([C@H]2/C(=C(\O)c3ccc(OCC(C)C)cc3C)C(=O)C(=O)N2Cc2cccnc2)ccc1O. The van der Waals surface area contributed by atoms with Crippen LogP contribution in [0.3, 0.4) is 0 Å². The molecule has 1 aliphatic rings. The fraction of sp³-hybridized carbons (Fsp3) is 0.300. The third kappa shape index (κ3) is 5.49. The number of aliphatic hydroxyl groups is 1. The smallest absolute Gasteiger partial charge is 0.295 e. The molecule has 1 fully saturated rings. The second kappa shape index (κ2) is 11.4. The van der Waals surface area contributed by atoms with Gasteiger partial charge in [-0.05, 0) is 72.9 Å². The zero-order valence-electron chi connectivity index (χ0n) is 22.0. The number of rotatable bonds is 9. The topological polar surface area (TPSA) is 109 Å². The molecule has 0 spiro atoms. The molecule has 38 heavy (non-hydrogen) atoms. The standard InChI is InChI=1S/C30H32N2O6/c1-5-37-25-14-21(8-11-24(25)33)27-26(29(35)30(36)32(27)16-20-7-6-12-31-15-20)28(34)23-10-9-22(13-19(23)4)38-17-18(2)3/h6-15,18,27,33-34H,5,16-17H2,1-4H3/b28-26+/t27-/m0/s1. The van der Waals surface area contributed by atoms with Gasteiger partial charge in [0.2, 0.25) is 0 Å². The fourth-order valence-electron chi connectivity index (χ4n) is 4.45. The van der Waals surface area contributed by atoms with Crippen molar-refractivity contribution in [1.82, 2.24) is 9.88 Å². The highest BCUT2D eigenvalue weighted by molar-refractivity contribution is 6.46. The van der Waals surface area contributed by atoms with Crippen LogP contribution in [0.5, 0.6) is 17.2 Å². The number of amides is 1. The highest BCUT2D eigenvalue weighted by Crippen LogP contribution is 2.43. The van der Waals surface area contributed by atoms with Gasteiger partial charge in [0.15, 0.2) is 11.5 Å². The number of aryl methyl sites for hydroxylation is 1. The third-order valence-electron chi connectivity index (χ3n) is 6.25. The number of Topliss-reactive ketones (excluding diaryl/α,β-unsaturated/α-hetero) is 1. The van der Waals surface area contributed by atoms with Gasteiger partial charge in [-0.25, -0.2) is 0 Å². The quantitative estimate of drug-likeness (QED) is 0.230. The number of carbonyl (C=O) groups is 2. The predicted octanol–water partition coefficient (Wildman–Crippen LogP) is 5.15. The number of aromatic hydroxyl groups is 1. The van der Waals surface area contributed by atoms with Crippen LogP contribution < -0.4 is 9.47 Å². The van der Waals surface area contributed by atoms with Gasteiger partial charge in [-0.15, -0.1) is 0 Å². The molecule has 8 nitrogen and oxygen atoms in total. The van der Waals surface area contributed by atoms with Crippen LogP contribution in [0.4, 0.5) is 0 Å². The van der Waals surface area contributed by atoms with Gasteiger partial charge in [0.25, 0.3) is 11.7 Å². The van der Waals surface area contributed by atoms with E-state index in [-0.39, 0.29) is 29.4 Å². The summed E-state index contributed by atoms with van der Waals surface area (Å²) in [6.07, 6.45) is 3.25. The molecule has 2 N–H and O–H groups in total. The molecule has 0 radical (unpaired) electrons. The van der Waals surface area contributed by atoms with Gasteiger partial charge in [0.05, 0.1) is 24.8 Å². The number of nitrogens with zero attached hydrogens (tertiary/aromatic N) is 2. The minimum absolute atomic E-state index is 0.0361. The van der Waals surface area contributed by atoms with Crippen LogP contribution in [0, 0.1) is 12.8 Å². The van der Waals surface area contributed by atoms with Crippen LogP contribution in [-0.4, -0.2) is 45.0 Å². The number of hydrogen-bond donors (Lipinski definition) is 2. The summed E-state index contributed by atoms with van der Waals surface area (Å²) >= 11 is 0. The molecule has 2 heterocycles. The van der Waals surface area contributed by atoms with Crippen LogP contribution in [-0.2, 0) is 16.1 Å². The number of carbonyl (C=O) groups excluding carboxylic acids is 2. The van der Waals surface area contributed by atoms with E-state index in [2.05, 4.69) is 18.8 Å². The lowest BCUT2D eigenvalue weighted by molar-refractivity contribution is -0.140. The fourth-order valence-corrected chi connectivity index (χ4v) is 4.45. The second-order valence-corrected chi connectivity index (χ2v) is 9.63. The van der Waals surface area contributed by atoms with E-state index in [4.69, 9.17) is 9.47 Å². The molecule has 1 amide bonds. The summed E-state index contributed by atoms with van der Waals surface area (Å²) in [4.78, 5) is 32.2. The summed E-state index contributed by atoms with van der Waals surface area (Å²) < 4.78 is 11.4. The molecular formula is C30H32N2O6. The maximum atomic E-state index is 13.4. The minimum Gasteiger partial charge on any atom is -0.507 e. The van der Waals surface area contributed by atoms with E-state index in [0.717, 1.165) is 5.56 Å². The van der Waals surface area contributed by atoms with Gasteiger partial charge in [-0.1, -0.05) is 26.0 Å². The van der Waals surface area contributed by atoms with Crippen molar-refractivity contribution in [2.24, 2.45) is 5.92 Å². The van der Waals surface area contributed by atoms with Crippen LogP contribution in [0.2, 0.25) is 0 Å². The van der Waals surface area contributed by atoms with Crippen molar-refractivity contribution < 1.29 is 29.3 Å². The molecule has 0 aliphatic carbocycles. The highest BCUT2D eigenvalue weighted by Gasteiger charge is 2.46. The molecule has 1 saturated heterocycles. The van der Waals surface area contributed by atoms with Crippen LogP contribution in [0.25, 0.3) is 5.76 Å². The largest absolute Gasteiger partial charge is 0.507 e. The number of benzene rings is 2. The molecular weight excluding hydrogens is 484 g/mol. The summed E-state index contributed by atoms with van der Waals surface area (Å²) in [5.41, 5.74) is 2.33. The van der Waals surface area contributed by atoms with Gasteiger partial charge < -0.3 is 24.6 Å². The number of ether oxygens (including phenoxy) is 2. The Morgan fingerprint density at radius 1 is 1.11 bits per heavy atom. The lowest BCUT2D eigenvalue weighted by Crippen LogP contribution is -2.29. The summed E-state index contributed by atoms with van der Waals surface area (Å²) in [5.74, 6) is -0.636. The van der Waals surface area contributed by atoms with Crippen molar-refractivity contribution in [3.05, 3.63) is 88.8 Å². The Bertz CT molecular complexity index is 1370. The number of phenolic OH excluding ortho intramolecular Hbond substituents is 1. The van der Waals surface area contributed by atoms with E-state index >= 15 is 0 Å². The Morgan fingerprint density at radius 3 is 2.55 bits per heavy atom. The lowest BCUT2D eigenvalue weighted by Gasteiger charge is -2.26. The Hall–Kier alpha value is -4.33. The first-order valence-electron chi connectivity index (χ1n) is 12.6. The summed E-state index contributed by atoms with van der Waals surface area (Å²) in [6, 6.07) is 12.5.